The molecule has 1 aliphatic rings. The van der Waals surface area contributed by atoms with Crippen molar-refractivity contribution < 1.29 is 4.74 Å². The zero-order valence-electron chi connectivity index (χ0n) is 18.6. The van der Waals surface area contributed by atoms with Crippen LogP contribution in [-0.2, 0) is 11.3 Å². The summed E-state index contributed by atoms with van der Waals surface area (Å²) in [6.45, 7) is 4.62. The molecule has 4 rings (SSSR count). The highest BCUT2D eigenvalue weighted by atomic mass is 16.5. The molecule has 166 valence electrons. The summed E-state index contributed by atoms with van der Waals surface area (Å²) < 4.78 is 5.49. The van der Waals surface area contributed by atoms with E-state index in [-0.39, 0.29) is 5.92 Å². The number of aliphatic imine (C=N–C) groups is 1. The number of aromatic nitrogens is 1. The smallest absolute Gasteiger partial charge is 0.191 e. The summed E-state index contributed by atoms with van der Waals surface area (Å²) >= 11 is 0. The SMILES string of the molecule is CN=C(NCc1cccnc1N1CCOCC1)NCC(c1ccccc1)c1ccccc1. The third-order valence-corrected chi connectivity index (χ3v) is 5.73. The first kappa shape index (κ1) is 21.8. The Balaban J connectivity index is 1.42. The normalized spacial score (nSPS) is 14.4. The third kappa shape index (κ3) is 5.65. The van der Waals surface area contributed by atoms with Crippen LogP contribution >= 0.6 is 0 Å². The van der Waals surface area contributed by atoms with E-state index in [2.05, 4.69) is 92.2 Å². The van der Waals surface area contributed by atoms with Crippen molar-refractivity contribution in [1.29, 1.82) is 0 Å². The van der Waals surface area contributed by atoms with Gasteiger partial charge in [0.2, 0.25) is 0 Å². The number of rotatable bonds is 7. The van der Waals surface area contributed by atoms with Gasteiger partial charge in [-0.25, -0.2) is 4.98 Å². The summed E-state index contributed by atoms with van der Waals surface area (Å²) in [6.07, 6.45) is 1.85. The van der Waals surface area contributed by atoms with Crippen molar-refractivity contribution in [2.24, 2.45) is 4.99 Å². The fraction of sp³-hybridized carbons (Fsp3) is 0.308. The third-order valence-electron chi connectivity index (χ3n) is 5.73. The van der Waals surface area contributed by atoms with Crippen molar-refractivity contribution >= 4 is 11.8 Å². The molecule has 2 aromatic carbocycles. The molecule has 6 nitrogen and oxygen atoms in total. The van der Waals surface area contributed by atoms with Gasteiger partial charge in [-0.2, -0.15) is 0 Å². The topological polar surface area (TPSA) is 61.8 Å². The molecule has 2 N–H and O–H groups in total. The second kappa shape index (κ2) is 11.3. The largest absolute Gasteiger partial charge is 0.378 e. The van der Waals surface area contributed by atoms with Crippen molar-refractivity contribution in [3.05, 3.63) is 95.7 Å². The molecular formula is C26H31N5O. The zero-order chi connectivity index (χ0) is 22.0. The highest BCUT2D eigenvalue weighted by Crippen LogP contribution is 2.23. The molecule has 0 amide bonds. The van der Waals surface area contributed by atoms with E-state index in [1.54, 1.807) is 0 Å². The number of anilines is 1. The molecule has 3 aromatic rings. The van der Waals surface area contributed by atoms with Crippen molar-refractivity contribution in [3.63, 3.8) is 0 Å². The molecule has 1 fully saturated rings. The van der Waals surface area contributed by atoms with E-state index in [4.69, 9.17) is 4.74 Å². The molecule has 6 heteroatoms. The maximum atomic E-state index is 5.49. The monoisotopic (exact) mass is 429 g/mol. The summed E-state index contributed by atoms with van der Waals surface area (Å²) in [6, 6.07) is 25.3. The van der Waals surface area contributed by atoms with Gasteiger partial charge in [-0.15, -0.1) is 0 Å². The van der Waals surface area contributed by atoms with E-state index in [0.717, 1.165) is 50.2 Å². The molecule has 2 heterocycles. The Kier molecular flexibility index (Phi) is 7.71. The van der Waals surface area contributed by atoms with E-state index in [1.807, 2.05) is 19.3 Å². The first-order chi connectivity index (χ1) is 15.8. The molecule has 0 bridgehead atoms. The Morgan fingerprint density at radius 1 is 0.938 bits per heavy atom. The van der Waals surface area contributed by atoms with Crippen molar-refractivity contribution in [2.75, 3.05) is 44.8 Å². The second-order valence-corrected chi connectivity index (χ2v) is 7.77. The van der Waals surface area contributed by atoms with Crippen molar-refractivity contribution in [3.8, 4) is 0 Å². The maximum absolute atomic E-state index is 5.49. The number of benzene rings is 2. The van der Waals surface area contributed by atoms with Crippen LogP contribution in [0.4, 0.5) is 5.82 Å². The molecule has 32 heavy (non-hydrogen) atoms. The van der Waals surface area contributed by atoms with Crippen LogP contribution in [0.15, 0.2) is 84.0 Å². The van der Waals surface area contributed by atoms with E-state index in [1.165, 1.54) is 11.1 Å². The van der Waals surface area contributed by atoms with Crippen molar-refractivity contribution in [2.45, 2.75) is 12.5 Å². The summed E-state index contributed by atoms with van der Waals surface area (Å²) in [5.41, 5.74) is 3.71. The van der Waals surface area contributed by atoms with Crippen LogP contribution in [-0.4, -0.2) is 50.8 Å². The van der Waals surface area contributed by atoms with E-state index in [0.29, 0.717) is 6.54 Å². The second-order valence-electron chi connectivity index (χ2n) is 7.77. The predicted molar refractivity (Wildman–Crippen MR) is 130 cm³/mol. The van der Waals surface area contributed by atoms with Crippen LogP contribution in [0.2, 0.25) is 0 Å². The van der Waals surface area contributed by atoms with Crippen LogP contribution in [0, 0.1) is 0 Å². The molecule has 0 radical (unpaired) electrons. The summed E-state index contributed by atoms with van der Waals surface area (Å²) in [5, 5.41) is 6.99. The fourth-order valence-electron chi connectivity index (χ4n) is 4.03. The van der Waals surface area contributed by atoms with Crippen LogP contribution in [0.5, 0.6) is 0 Å². The molecule has 1 aromatic heterocycles. The van der Waals surface area contributed by atoms with Gasteiger partial charge < -0.3 is 20.3 Å². The quantitative estimate of drug-likeness (QED) is 0.445. The number of hydrogen-bond acceptors (Lipinski definition) is 4. The molecule has 0 saturated carbocycles. The maximum Gasteiger partial charge on any atom is 0.191 e. The van der Waals surface area contributed by atoms with Crippen LogP contribution in [0.1, 0.15) is 22.6 Å². The van der Waals surface area contributed by atoms with Gasteiger partial charge >= 0.3 is 0 Å². The van der Waals surface area contributed by atoms with Gasteiger partial charge in [0.25, 0.3) is 0 Å². The van der Waals surface area contributed by atoms with Gasteiger partial charge in [-0.1, -0.05) is 66.7 Å². The molecule has 0 atom stereocenters. The first-order valence-corrected chi connectivity index (χ1v) is 11.2. The van der Waals surface area contributed by atoms with Gasteiger partial charge in [0, 0.05) is 50.9 Å². The Hall–Kier alpha value is -3.38. The lowest BCUT2D eigenvalue weighted by Crippen LogP contribution is -2.40. The number of pyridine rings is 1. The lowest BCUT2D eigenvalue weighted by molar-refractivity contribution is 0.122. The van der Waals surface area contributed by atoms with E-state index in [9.17, 15) is 0 Å². The number of nitrogens with one attached hydrogen (secondary N) is 2. The average Bonchev–Trinajstić information content (AvgIpc) is 2.88. The highest BCUT2D eigenvalue weighted by molar-refractivity contribution is 5.80. The van der Waals surface area contributed by atoms with E-state index < -0.39 is 0 Å². The predicted octanol–water partition coefficient (Wildman–Crippen LogP) is 3.42. The minimum Gasteiger partial charge on any atom is -0.378 e. The molecule has 0 aliphatic carbocycles. The summed E-state index contributed by atoms with van der Waals surface area (Å²) in [7, 11) is 1.81. The zero-order valence-corrected chi connectivity index (χ0v) is 18.6. The molecule has 0 unspecified atom stereocenters. The highest BCUT2D eigenvalue weighted by Gasteiger charge is 2.17. The van der Waals surface area contributed by atoms with E-state index >= 15 is 0 Å². The lowest BCUT2D eigenvalue weighted by Gasteiger charge is -2.29. The number of ether oxygens (including phenoxy) is 1. The summed E-state index contributed by atoms with van der Waals surface area (Å²) in [4.78, 5) is 11.4. The standard InChI is InChI=1S/C26H31N5O/c1-27-26(29-19-23-13-8-14-28-25(23)31-15-17-32-18-16-31)30-20-24(21-9-4-2-5-10-21)22-11-6-3-7-12-22/h2-14,24H,15-20H2,1H3,(H2,27,29,30). The van der Waals surface area contributed by atoms with Gasteiger partial charge in [0.1, 0.15) is 5.82 Å². The lowest BCUT2D eigenvalue weighted by atomic mass is 9.91. The number of nitrogens with zero attached hydrogens (tertiary/aromatic N) is 3. The Bertz CT molecular complexity index is 948. The van der Waals surface area contributed by atoms with Crippen molar-refractivity contribution in [1.82, 2.24) is 15.6 Å². The van der Waals surface area contributed by atoms with Crippen LogP contribution < -0.4 is 15.5 Å². The summed E-state index contributed by atoms with van der Waals surface area (Å²) in [5.74, 6) is 2.03. The van der Waals surface area contributed by atoms with Crippen LogP contribution in [0.3, 0.4) is 0 Å². The Morgan fingerprint density at radius 2 is 1.59 bits per heavy atom. The number of hydrogen-bond donors (Lipinski definition) is 2. The number of guanidine groups is 1. The van der Waals surface area contributed by atoms with Gasteiger partial charge in [0.15, 0.2) is 5.96 Å². The first-order valence-electron chi connectivity index (χ1n) is 11.2. The average molecular weight is 430 g/mol. The van der Waals surface area contributed by atoms with Crippen LogP contribution in [0.25, 0.3) is 0 Å². The van der Waals surface area contributed by atoms with Gasteiger partial charge in [-0.05, 0) is 17.2 Å². The molecule has 0 spiro atoms. The van der Waals surface area contributed by atoms with Gasteiger partial charge in [0.05, 0.1) is 13.2 Å². The molecule has 1 aliphatic heterocycles. The molecular weight excluding hydrogens is 398 g/mol. The fourth-order valence-corrected chi connectivity index (χ4v) is 4.03. The minimum absolute atomic E-state index is 0.234. The minimum atomic E-state index is 0.234. The Morgan fingerprint density at radius 3 is 2.22 bits per heavy atom. The number of morpholine rings is 1. The molecule has 1 saturated heterocycles. The van der Waals surface area contributed by atoms with Gasteiger partial charge in [-0.3, -0.25) is 4.99 Å². The Labute approximate surface area is 190 Å².